The highest BCUT2D eigenvalue weighted by molar-refractivity contribution is 5.85. The second kappa shape index (κ2) is 3.09. The molecule has 0 atom stereocenters. The van der Waals surface area contributed by atoms with Crippen LogP contribution in [0.3, 0.4) is 0 Å². The van der Waals surface area contributed by atoms with E-state index in [9.17, 15) is 0 Å². The van der Waals surface area contributed by atoms with Crippen LogP contribution in [0.5, 0.6) is 0 Å². The normalized spacial score (nSPS) is 10.3. The smallest absolute Gasteiger partial charge is 0.0447 e. The van der Waals surface area contributed by atoms with Gasteiger partial charge in [-0.25, -0.2) is 0 Å². The molecule has 0 aliphatic heterocycles. The Balaban J connectivity index is 2.62. The van der Waals surface area contributed by atoms with Crippen LogP contribution in [0.15, 0.2) is 36.4 Å². The van der Waals surface area contributed by atoms with Crippen molar-refractivity contribution in [3.8, 4) is 0 Å². The van der Waals surface area contributed by atoms with Crippen LogP contribution in [0.1, 0.15) is 0 Å². The quantitative estimate of drug-likeness (QED) is 0.636. The van der Waals surface area contributed by atoms with E-state index >= 15 is 0 Å². The van der Waals surface area contributed by atoms with Crippen molar-refractivity contribution in [3.63, 3.8) is 0 Å². The van der Waals surface area contributed by atoms with Crippen molar-refractivity contribution in [1.29, 1.82) is 0 Å². The Morgan fingerprint density at radius 2 is 1.77 bits per heavy atom. The molecule has 0 saturated carbocycles. The van der Waals surface area contributed by atoms with Crippen LogP contribution in [0, 0.1) is 6.07 Å². The molecule has 2 rings (SSSR count). The summed E-state index contributed by atoms with van der Waals surface area (Å²) in [5, 5.41) is 2.51. The first kappa shape index (κ1) is 8.11. The maximum absolute atomic E-state index is 3.24. The summed E-state index contributed by atoms with van der Waals surface area (Å²) in [6, 6.07) is 15.7. The average molecular weight is 170 g/mol. The first-order valence-electron chi connectivity index (χ1n) is 4.35. The van der Waals surface area contributed by atoms with Crippen molar-refractivity contribution in [2.24, 2.45) is 0 Å². The molecule has 0 saturated heterocycles. The molecule has 0 heterocycles. The molecule has 0 spiro atoms. The fraction of sp³-hybridized carbons (Fsp3) is 0.167. The van der Waals surface area contributed by atoms with E-state index in [1.165, 1.54) is 10.8 Å². The first-order valence-corrected chi connectivity index (χ1v) is 4.35. The second-order valence-electron chi connectivity index (χ2n) is 3.34. The maximum Gasteiger partial charge on any atom is 0.0447 e. The third kappa shape index (κ3) is 1.50. The van der Waals surface area contributed by atoms with Crippen molar-refractivity contribution in [1.82, 2.24) is 0 Å². The lowest BCUT2D eigenvalue weighted by atomic mass is 10.1. The number of hydrogen-bond donors (Lipinski definition) is 0. The van der Waals surface area contributed by atoms with E-state index < -0.39 is 0 Å². The third-order valence-electron chi connectivity index (χ3n) is 2.15. The van der Waals surface area contributed by atoms with Gasteiger partial charge in [0.05, 0.1) is 0 Å². The van der Waals surface area contributed by atoms with Crippen LogP contribution in [0.25, 0.3) is 10.8 Å². The van der Waals surface area contributed by atoms with Crippen LogP contribution in [0.2, 0.25) is 0 Å². The minimum atomic E-state index is 1.12. The van der Waals surface area contributed by atoms with E-state index in [2.05, 4.69) is 35.2 Å². The maximum atomic E-state index is 3.24. The van der Waals surface area contributed by atoms with Gasteiger partial charge in [-0.2, -0.15) is 0 Å². The predicted molar refractivity (Wildman–Crippen MR) is 57.1 cm³/mol. The topological polar surface area (TPSA) is 3.24 Å². The van der Waals surface area contributed by atoms with E-state index in [-0.39, 0.29) is 0 Å². The largest absolute Gasteiger partial charge is 0.377 e. The summed E-state index contributed by atoms with van der Waals surface area (Å²) in [6.07, 6.45) is 0. The fourth-order valence-corrected chi connectivity index (χ4v) is 1.37. The SMILES string of the molecule is CN(C)c1[c]cc2ccccc2c1. The lowest BCUT2D eigenvalue weighted by Gasteiger charge is -2.12. The molecule has 65 valence electrons. The molecule has 1 heteroatoms. The number of nitrogens with zero attached hydrogens (tertiary/aromatic N) is 1. The number of hydrogen-bond acceptors (Lipinski definition) is 1. The Kier molecular flexibility index (Phi) is 1.93. The number of fused-ring (bicyclic) bond motifs is 1. The van der Waals surface area contributed by atoms with Gasteiger partial charge in [-0.05, 0) is 22.9 Å². The van der Waals surface area contributed by atoms with Gasteiger partial charge in [-0.3, -0.25) is 0 Å². The zero-order valence-electron chi connectivity index (χ0n) is 7.91. The van der Waals surface area contributed by atoms with Crippen molar-refractivity contribution in [2.45, 2.75) is 0 Å². The Bertz CT molecular complexity index is 418. The lowest BCUT2D eigenvalue weighted by molar-refractivity contribution is 1.13. The first-order chi connectivity index (χ1) is 6.27. The Morgan fingerprint density at radius 1 is 1.08 bits per heavy atom. The molecule has 0 bridgehead atoms. The van der Waals surface area contributed by atoms with Gasteiger partial charge in [0.15, 0.2) is 0 Å². The summed E-state index contributed by atoms with van der Waals surface area (Å²) in [5.74, 6) is 0. The highest BCUT2D eigenvalue weighted by Crippen LogP contribution is 2.19. The van der Waals surface area contributed by atoms with Gasteiger partial charge in [-0.15, -0.1) is 0 Å². The number of rotatable bonds is 1. The molecule has 0 unspecified atom stereocenters. The summed E-state index contributed by atoms with van der Waals surface area (Å²) in [5.41, 5.74) is 1.12. The molecule has 2 aromatic rings. The summed E-state index contributed by atoms with van der Waals surface area (Å²) in [4.78, 5) is 2.06. The molecule has 1 nitrogen and oxygen atoms in total. The van der Waals surface area contributed by atoms with Gasteiger partial charge in [0.2, 0.25) is 0 Å². The summed E-state index contributed by atoms with van der Waals surface area (Å²) >= 11 is 0. The van der Waals surface area contributed by atoms with Gasteiger partial charge in [0, 0.05) is 25.8 Å². The van der Waals surface area contributed by atoms with Gasteiger partial charge in [0.1, 0.15) is 0 Å². The average Bonchev–Trinajstić information content (AvgIpc) is 2.17. The molecular weight excluding hydrogens is 158 g/mol. The minimum absolute atomic E-state index is 1.12. The Labute approximate surface area is 78.6 Å². The van der Waals surface area contributed by atoms with Crippen LogP contribution in [-0.4, -0.2) is 14.1 Å². The van der Waals surface area contributed by atoms with Crippen molar-refractivity contribution >= 4 is 16.5 Å². The van der Waals surface area contributed by atoms with E-state index in [1.54, 1.807) is 0 Å². The fourth-order valence-electron chi connectivity index (χ4n) is 1.37. The molecule has 0 aromatic heterocycles. The second-order valence-corrected chi connectivity index (χ2v) is 3.34. The van der Waals surface area contributed by atoms with E-state index in [0.717, 1.165) is 5.69 Å². The summed E-state index contributed by atoms with van der Waals surface area (Å²) in [7, 11) is 4.06. The third-order valence-corrected chi connectivity index (χ3v) is 2.15. The molecule has 1 radical (unpaired) electrons. The molecule has 2 aromatic carbocycles. The molecule has 0 aliphatic rings. The Morgan fingerprint density at radius 3 is 2.46 bits per heavy atom. The van der Waals surface area contributed by atoms with Crippen molar-refractivity contribution in [3.05, 3.63) is 42.5 Å². The molecule has 0 N–H and O–H groups in total. The molecular formula is C12H12N. The van der Waals surface area contributed by atoms with Crippen LogP contribution in [-0.2, 0) is 0 Å². The lowest BCUT2D eigenvalue weighted by Crippen LogP contribution is -2.08. The minimum Gasteiger partial charge on any atom is -0.377 e. The van der Waals surface area contributed by atoms with Crippen LogP contribution in [0.4, 0.5) is 5.69 Å². The zero-order valence-corrected chi connectivity index (χ0v) is 7.91. The highest BCUT2D eigenvalue weighted by atomic mass is 15.1. The molecule has 0 amide bonds. The molecule has 0 fully saturated rings. The highest BCUT2D eigenvalue weighted by Gasteiger charge is 1.96. The summed E-state index contributed by atoms with van der Waals surface area (Å²) in [6.45, 7) is 0. The van der Waals surface area contributed by atoms with E-state index in [0.29, 0.717) is 0 Å². The predicted octanol–water partition coefficient (Wildman–Crippen LogP) is 2.71. The van der Waals surface area contributed by atoms with Crippen molar-refractivity contribution < 1.29 is 0 Å². The van der Waals surface area contributed by atoms with Crippen LogP contribution >= 0.6 is 0 Å². The van der Waals surface area contributed by atoms with E-state index in [1.807, 2.05) is 26.2 Å². The van der Waals surface area contributed by atoms with Gasteiger partial charge < -0.3 is 4.90 Å². The van der Waals surface area contributed by atoms with E-state index in [4.69, 9.17) is 0 Å². The summed E-state index contributed by atoms with van der Waals surface area (Å²) < 4.78 is 0. The van der Waals surface area contributed by atoms with Gasteiger partial charge >= 0.3 is 0 Å². The number of anilines is 1. The zero-order chi connectivity index (χ0) is 9.26. The van der Waals surface area contributed by atoms with Crippen LogP contribution < -0.4 is 4.90 Å². The molecule has 0 aliphatic carbocycles. The monoisotopic (exact) mass is 170 g/mol. The molecule has 13 heavy (non-hydrogen) atoms. The number of benzene rings is 2. The standard InChI is InChI=1S/C12H12N/c1-13(2)12-8-7-10-5-3-4-6-11(10)9-12/h3-7,9H,1-2H3. The van der Waals surface area contributed by atoms with Crippen molar-refractivity contribution in [2.75, 3.05) is 19.0 Å². The van der Waals surface area contributed by atoms with Gasteiger partial charge in [-0.1, -0.05) is 24.3 Å². The van der Waals surface area contributed by atoms with Gasteiger partial charge in [0.25, 0.3) is 0 Å². The Hall–Kier alpha value is -1.50.